The van der Waals surface area contributed by atoms with E-state index < -0.39 is 5.24 Å². The number of ether oxygens (including phenoxy) is 1. The van der Waals surface area contributed by atoms with Crippen LogP contribution in [-0.2, 0) is 4.79 Å². The predicted octanol–water partition coefficient (Wildman–Crippen LogP) is 3.60. The molecule has 0 saturated carbocycles. The topological polar surface area (TPSA) is 56.5 Å². The normalized spacial score (nSPS) is 10.6. The molecule has 0 N–H and O–H groups in total. The van der Waals surface area contributed by atoms with Crippen LogP contribution in [0.4, 0.5) is 0 Å². The van der Waals surface area contributed by atoms with Gasteiger partial charge in [0.2, 0.25) is 0 Å². The van der Waals surface area contributed by atoms with Gasteiger partial charge in [-0.1, -0.05) is 30.3 Å². The zero-order chi connectivity index (χ0) is 15.5. The van der Waals surface area contributed by atoms with E-state index in [1.165, 1.54) is 6.07 Å². The third kappa shape index (κ3) is 3.02. The molecule has 0 bridgehead atoms. The first-order valence-electron chi connectivity index (χ1n) is 6.58. The minimum Gasteiger partial charge on any atom is -0.484 e. The third-order valence-electron chi connectivity index (χ3n) is 3.11. The molecule has 0 aliphatic rings. The smallest absolute Gasteiger partial charge is 0.259 e. The van der Waals surface area contributed by atoms with Crippen LogP contribution in [0.15, 0.2) is 63.8 Å². The summed E-state index contributed by atoms with van der Waals surface area (Å²) in [4.78, 5) is 22.9. The summed E-state index contributed by atoms with van der Waals surface area (Å²) in [7, 11) is 0. The summed E-state index contributed by atoms with van der Waals surface area (Å²) in [6, 6.07) is 15.6. The first-order valence-corrected chi connectivity index (χ1v) is 6.96. The van der Waals surface area contributed by atoms with Crippen LogP contribution in [0.5, 0.6) is 5.75 Å². The largest absolute Gasteiger partial charge is 0.484 e. The lowest BCUT2D eigenvalue weighted by molar-refractivity contribution is -0.113. The van der Waals surface area contributed by atoms with Crippen molar-refractivity contribution >= 4 is 27.8 Å². The standard InChI is InChI=1S/C17H11ClO4/c18-17(20)10-21-12-6-7-13-14(19)9-15(22-16(13)8-12)11-4-2-1-3-5-11/h1-9H,10H2. The molecule has 1 heterocycles. The number of hydrogen-bond acceptors (Lipinski definition) is 4. The van der Waals surface area contributed by atoms with Crippen molar-refractivity contribution in [2.75, 3.05) is 6.61 Å². The Morgan fingerprint density at radius 3 is 2.59 bits per heavy atom. The van der Waals surface area contributed by atoms with E-state index in [-0.39, 0.29) is 12.0 Å². The Morgan fingerprint density at radius 1 is 1.09 bits per heavy atom. The number of halogens is 1. The number of carbonyl (C=O) groups excluding carboxylic acids is 1. The van der Waals surface area contributed by atoms with Crippen LogP contribution in [0.3, 0.4) is 0 Å². The monoisotopic (exact) mass is 314 g/mol. The molecule has 0 atom stereocenters. The summed E-state index contributed by atoms with van der Waals surface area (Å²) in [5.74, 6) is 0.888. The van der Waals surface area contributed by atoms with Crippen molar-refractivity contribution in [2.45, 2.75) is 0 Å². The highest BCUT2D eigenvalue weighted by molar-refractivity contribution is 6.63. The third-order valence-corrected chi connectivity index (χ3v) is 3.22. The van der Waals surface area contributed by atoms with Crippen molar-refractivity contribution < 1.29 is 13.9 Å². The van der Waals surface area contributed by atoms with E-state index in [0.717, 1.165) is 5.56 Å². The fourth-order valence-corrected chi connectivity index (χ4v) is 2.16. The van der Waals surface area contributed by atoms with Gasteiger partial charge in [-0.25, -0.2) is 0 Å². The first kappa shape index (κ1) is 14.4. The molecule has 3 rings (SSSR count). The number of benzene rings is 2. The van der Waals surface area contributed by atoms with E-state index in [2.05, 4.69) is 0 Å². The molecule has 0 radical (unpaired) electrons. The molecule has 0 aliphatic heterocycles. The molecule has 0 amide bonds. The van der Waals surface area contributed by atoms with E-state index in [1.54, 1.807) is 18.2 Å². The van der Waals surface area contributed by atoms with E-state index in [9.17, 15) is 9.59 Å². The predicted molar refractivity (Wildman–Crippen MR) is 84.3 cm³/mol. The van der Waals surface area contributed by atoms with Crippen LogP contribution >= 0.6 is 11.6 Å². The maximum Gasteiger partial charge on any atom is 0.259 e. The van der Waals surface area contributed by atoms with Gasteiger partial charge < -0.3 is 9.15 Å². The van der Waals surface area contributed by atoms with Crippen molar-refractivity contribution in [2.24, 2.45) is 0 Å². The van der Waals surface area contributed by atoms with Crippen molar-refractivity contribution in [3.8, 4) is 17.1 Å². The molecule has 5 heteroatoms. The molecule has 0 aliphatic carbocycles. The second-order valence-corrected chi connectivity index (χ2v) is 5.06. The van der Waals surface area contributed by atoms with Crippen LogP contribution in [0.1, 0.15) is 0 Å². The maximum atomic E-state index is 12.2. The average molecular weight is 315 g/mol. The fraction of sp³-hybridized carbons (Fsp3) is 0.0588. The van der Waals surface area contributed by atoms with E-state index in [1.807, 2.05) is 30.3 Å². The molecule has 1 aromatic heterocycles. The molecular weight excluding hydrogens is 304 g/mol. The minimum absolute atomic E-state index is 0.139. The first-order chi connectivity index (χ1) is 10.6. The number of rotatable bonds is 4. The Morgan fingerprint density at radius 2 is 1.86 bits per heavy atom. The maximum absolute atomic E-state index is 12.2. The van der Waals surface area contributed by atoms with E-state index in [4.69, 9.17) is 20.8 Å². The highest BCUT2D eigenvalue weighted by Crippen LogP contribution is 2.24. The van der Waals surface area contributed by atoms with Gasteiger partial charge in [0.05, 0.1) is 5.39 Å². The Balaban J connectivity index is 2.07. The Kier molecular flexibility index (Phi) is 3.94. The zero-order valence-electron chi connectivity index (χ0n) is 11.4. The van der Waals surface area contributed by atoms with Crippen LogP contribution in [0.25, 0.3) is 22.3 Å². The van der Waals surface area contributed by atoms with E-state index >= 15 is 0 Å². The SMILES string of the molecule is O=C(Cl)COc1ccc2c(=O)cc(-c3ccccc3)oc2c1. The summed E-state index contributed by atoms with van der Waals surface area (Å²) >= 11 is 5.24. The van der Waals surface area contributed by atoms with Gasteiger partial charge >= 0.3 is 0 Å². The van der Waals surface area contributed by atoms with Crippen LogP contribution in [0, 0.1) is 0 Å². The van der Waals surface area contributed by atoms with Crippen LogP contribution < -0.4 is 10.2 Å². The van der Waals surface area contributed by atoms with Gasteiger partial charge in [-0.05, 0) is 23.7 Å². The highest BCUT2D eigenvalue weighted by atomic mass is 35.5. The molecule has 0 unspecified atom stereocenters. The van der Waals surface area contributed by atoms with Gasteiger partial charge in [0.25, 0.3) is 5.24 Å². The van der Waals surface area contributed by atoms with E-state index in [0.29, 0.717) is 22.5 Å². The fourth-order valence-electron chi connectivity index (χ4n) is 2.11. The summed E-state index contributed by atoms with van der Waals surface area (Å²) in [6.45, 7) is -0.240. The number of fused-ring (bicyclic) bond motifs is 1. The van der Waals surface area contributed by atoms with Crippen LogP contribution in [-0.4, -0.2) is 11.8 Å². The van der Waals surface area contributed by atoms with Gasteiger partial charge in [-0.15, -0.1) is 0 Å². The zero-order valence-corrected chi connectivity index (χ0v) is 12.2. The molecule has 0 spiro atoms. The molecule has 0 saturated heterocycles. The Hall–Kier alpha value is -2.59. The lowest BCUT2D eigenvalue weighted by Crippen LogP contribution is -2.05. The molecule has 2 aromatic carbocycles. The molecule has 3 aromatic rings. The summed E-state index contributed by atoms with van der Waals surface area (Å²) < 4.78 is 11.0. The van der Waals surface area contributed by atoms with Crippen molar-refractivity contribution in [3.63, 3.8) is 0 Å². The quantitative estimate of drug-likeness (QED) is 0.690. The number of hydrogen-bond donors (Lipinski definition) is 0. The summed E-state index contributed by atoms with van der Waals surface area (Å²) in [5, 5.41) is -0.149. The van der Waals surface area contributed by atoms with Gasteiger partial charge in [-0.3, -0.25) is 9.59 Å². The molecular formula is C17H11ClO4. The van der Waals surface area contributed by atoms with Gasteiger partial charge in [0.15, 0.2) is 12.0 Å². The van der Waals surface area contributed by atoms with Gasteiger partial charge in [0, 0.05) is 17.7 Å². The summed E-state index contributed by atoms with van der Waals surface area (Å²) in [5.41, 5.74) is 1.06. The lowest BCUT2D eigenvalue weighted by Gasteiger charge is -2.06. The lowest BCUT2D eigenvalue weighted by atomic mass is 10.1. The Labute approximate surface area is 130 Å². The average Bonchev–Trinajstić information content (AvgIpc) is 2.53. The van der Waals surface area contributed by atoms with Gasteiger partial charge in [-0.2, -0.15) is 0 Å². The second-order valence-electron chi connectivity index (χ2n) is 4.64. The second kappa shape index (κ2) is 6.03. The van der Waals surface area contributed by atoms with Gasteiger partial charge in [0.1, 0.15) is 17.1 Å². The van der Waals surface area contributed by atoms with Crippen molar-refractivity contribution in [1.29, 1.82) is 0 Å². The molecule has 110 valence electrons. The molecule has 4 nitrogen and oxygen atoms in total. The minimum atomic E-state index is -0.598. The van der Waals surface area contributed by atoms with Crippen molar-refractivity contribution in [1.82, 2.24) is 0 Å². The Bertz CT molecular complexity index is 884. The highest BCUT2D eigenvalue weighted by Gasteiger charge is 2.08. The van der Waals surface area contributed by atoms with Crippen LogP contribution in [0.2, 0.25) is 0 Å². The summed E-state index contributed by atoms with van der Waals surface area (Å²) in [6.07, 6.45) is 0. The molecule has 0 fully saturated rings. The van der Waals surface area contributed by atoms with Crippen molar-refractivity contribution in [3.05, 3.63) is 64.8 Å². The number of carbonyl (C=O) groups is 1. The molecule has 22 heavy (non-hydrogen) atoms.